The van der Waals surface area contributed by atoms with Crippen molar-refractivity contribution < 1.29 is 24.2 Å². The number of nitrogens with zero attached hydrogens (tertiary/aromatic N) is 3. The molecule has 8 heteroatoms. The van der Waals surface area contributed by atoms with Crippen molar-refractivity contribution in [1.29, 1.82) is 0 Å². The van der Waals surface area contributed by atoms with Crippen molar-refractivity contribution in [1.82, 2.24) is 9.80 Å². The van der Waals surface area contributed by atoms with Gasteiger partial charge in [0.15, 0.2) is 0 Å². The van der Waals surface area contributed by atoms with Crippen molar-refractivity contribution in [2.75, 3.05) is 31.1 Å². The number of carbonyl (C=O) groups is 3. The number of rotatable bonds is 12. The summed E-state index contributed by atoms with van der Waals surface area (Å²) >= 11 is 0. The molecule has 2 bridgehead atoms. The number of carbonyl (C=O) groups excluding carboxylic acids is 3. The van der Waals surface area contributed by atoms with Gasteiger partial charge in [0.2, 0.25) is 11.8 Å². The Bertz CT molecular complexity index is 1340. The van der Waals surface area contributed by atoms with E-state index >= 15 is 0 Å². The van der Waals surface area contributed by atoms with Crippen molar-refractivity contribution in [2.24, 2.45) is 11.8 Å². The summed E-state index contributed by atoms with van der Waals surface area (Å²) in [7, 11) is 0. The van der Waals surface area contributed by atoms with E-state index in [1.165, 1.54) is 0 Å². The molecule has 6 atom stereocenters. The molecule has 8 nitrogen and oxygen atoms in total. The second-order valence-electron chi connectivity index (χ2n) is 11.4. The number of amides is 3. The van der Waals surface area contributed by atoms with E-state index in [1.807, 2.05) is 56.3 Å². The fourth-order valence-corrected chi connectivity index (χ4v) is 7.33. The maximum Gasteiger partial charge on any atom is 0.253 e. The Hall–Kier alpha value is -3.49. The van der Waals surface area contributed by atoms with E-state index < -0.39 is 35.6 Å². The van der Waals surface area contributed by atoms with Crippen LogP contribution in [0.4, 0.5) is 5.69 Å². The number of aliphatic hydroxyl groups excluding tert-OH is 1. The van der Waals surface area contributed by atoms with Gasteiger partial charge in [0.1, 0.15) is 11.6 Å². The van der Waals surface area contributed by atoms with Crippen molar-refractivity contribution in [2.45, 2.75) is 63.3 Å². The highest BCUT2D eigenvalue weighted by Crippen LogP contribution is 2.59. The number of ether oxygens (including phenoxy) is 1. The molecule has 3 saturated heterocycles. The van der Waals surface area contributed by atoms with Gasteiger partial charge in [-0.1, -0.05) is 56.3 Å². The monoisotopic (exact) mass is 559 g/mol. The first-order chi connectivity index (χ1) is 19.9. The molecule has 1 spiro atoms. The second-order valence-corrected chi connectivity index (χ2v) is 11.4. The molecule has 2 unspecified atom stereocenters. The lowest BCUT2D eigenvalue weighted by atomic mass is 9.70. The largest absolute Gasteiger partial charge is 0.394 e. The molecule has 0 saturated carbocycles. The molecular weight excluding hydrogens is 518 g/mol. The summed E-state index contributed by atoms with van der Waals surface area (Å²) in [4.78, 5) is 47.9. The SMILES string of the molecule is C=CCN(CCC)C(=O)[C@@H]1[C@H]2C(=O)N([C@@H](CC)CO)C(C(=O)N(CC=C)c3ccc4ccccc4c3)C23CC[C@H]1O3. The van der Waals surface area contributed by atoms with E-state index in [4.69, 9.17) is 4.74 Å². The minimum atomic E-state index is -1.13. The third kappa shape index (κ3) is 4.67. The lowest BCUT2D eigenvalue weighted by Crippen LogP contribution is -2.59. The minimum Gasteiger partial charge on any atom is -0.394 e. The molecule has 0 radical (unpaired) electrons. The molecule has 3 fully saturated rings. The number of hydrogen-bond donors (Lipinski definition) is 1. The van der Waals surface area contributed by atoms with Crippen molar-refractivity contribution in [3.8, 4) is 0 Å². The molecule has 2 aromatic carbocycles. The zero-order valence-corrected chi connectivity index (χ0v) is 24.1. The molecule has 3 aliphatic heterocycles. The van der Waals surface area contributed by atoms with Crippen LogP contribution >= 0.6 is 0 Å². The molecule has 218 valence electrons. The number of anilines is 1. The molecule has 0 aliphatic carbocycles. The van der Waals surface area contributed by atoms with Crippen LogP contribution in [0.2, 0.25) is 0 Å². The van der Waals surface area contributed by atoms with E-state index in [9.17, 15) is 19.5 Å². The third-order valence-corrected chi connectivity index (χ3v) is 9.11. The molecule has 0 aromatic heterocycles. The van der Waals surface area contributed by atoms with Gasteiger partial charge < -0.3 is 24.5 Å². The fraction of sp³-hybridized carbons (Fsp3) is 0.485. The molecule has 5 rings (SSSR count). The summed E-state index contributed by atoms with van der Waals surface area (Å²) in [6.07, 6.45) is 5.28. The maximum absolute atomic E-state index is 14.7. The maximum atomic E-state index is 14.7. The average Bonchev–Trinajstić information content (AvgIpc) is 3.63. The van der Waals surface area contributed by atoms with Crippen LogP contribution in [0.15, 0.2) is 67.8 Å². The lowest BCUT2D eigenvalue weighted by molar-refractivity contribution is -0.147. The Balaban J connectivity index is 1.59. The van der Waals surface area contributed by atoms with Gasteiger partial charge in [-0.05, 0) is 48.6 Å². The fourth-order valence-electron chi connectivity index (χ4n) is 7.33. The van der Waals surface area contributed by atoms with Gasteiger partial charge in [-0.3, -0.25) is 14.4 Å². The van der Waals surface area contributed by atoms with E-state index in [2.05, 4.69) is 13.2 Å². The van der Waals surface area contributed by atoms with Crippen LogP contribution < -0.4 is 4.90 Å². The minimum absolute atomic E-state index is 0.126. The zero-order valence-electron chi connectivity index (χ0n) is 24.1. The van der Waals surface area contributed by atoms with Crippen LogP contribution in [0.25, 0.3) is 10.8 Å². The summed E-state index contributed by atoms with van der Waals surface area (Å²) < 4.78 is 6.64. The van der Waals surface area contributed by atoms with E-state index in [1.54, 1.807) is 26.9 Å². The highest BCUT2D eigenvalue weighted by molar-refractivity contribution is 6.06. The summed E-state index contributed by atoms with van der Waals surface area (Å²) in [5.74, 6) is -2.15. The summed E-state index contributed by atoms with van der Waals surface area (Å²) in [5.41, 5.74) is -0.442. The Morgan fingerprint density at radius 2 is 1.85 bits per heavy atom. The molecule has 3 heterocycles. The van der Waals surface area contributed by atoms with Crippen LogP contribution in [-0.2, 0) is 19.1 Å². The van der Waals surface area contributed by atoms with Gasteiger partial charge in [0, 0.05) is 25.3 Å². The zero-order chi connectivity index (χ0) is 29.3. The van der Waals surface area contributed by atoms with Crippen LogP contribution in [0, 0.1) is 11.8 Å². The molecule has 41 heavy (non-hydrogen) atoms. The van der Waals surface area contributed by atoms with Gasteiger partial charge in [0.25, 0.3) is 5.91 Å². The normalized spacial score (nSPS) is 27.1. The quantitative estimate of drug-likeness (QED) is 0.398. The highest BCUT2D eigenvalue weighted by Gasteiger charge is 2.75. The lowest BCUT2D eigenvalue weighted by Gasteiger charge is -2.39. The van der Waals surface area contributed by atoms with E-state index in [-0.39, 0.29) is 30.9 Å². The topological polar surface area (TPSA) is 90.4 Å². The van der Waals surface area contributed by atoms with Crippen molar-refractivity contribution in [3.05, 3.63) is 67.8 Å². The Morgan fingerprint density at radius 3 is 2.51 bits per heavy atom. The predicted molar refractivity (Wildman–Crippen MR) is 159 cm³/mol. The Kier molecular flexibility index (Phi) is 8.34. The van der Waals surface area contributed by atoms with Crippen LogP contribution in [-0.4, -0.2) is 82.7 Å². The molecule has 2 aromatic rings. The first-order valence-corrected chi connectivity index (χ1v) is 14.8. The van der Waals surface area contributed by atoms with Gasteiger partial charge in [-0.2, -0.15) is 0 Å². The number of fused-ring (bicyclic) bond motifs is 2. The van der Waals surface area contributed by atoms with Crippen molar-refractivity contribution >= 4 is 34.2 Å². The Morgan fingerprint density at radius 1 is 1.12 bits per heavy atom. The third-order valence-electron chi connectivity index (χ3n) is 9.11. The second kappa shape index (κ2) is 11.8. The van der Waals surface area contributed by atoms with E-state index in [0.717, 1.165) is 17.2 Å². The number of likely N-dealkylation sites (tertiary alicyclic amines) is 1. The molecule has 3 amide bonds. The molecule has 3 aliphatic rings. The van der Waals surface area contributed by atoms with Crippen LogP contribution in [0.3, 0.4) is 0 Å². The summed E-state index contributed by atoms with van der Waals surface area (Å²) in [5, 5.41) is 12.4. The van der Waals surface area contributed by atoms with Gasteiger partial charge in [-0.25, -0.2) is 0 Å². The standard InChI is InChI=1S/C33H41N3O5/c1-5-17-34(18-6-2)30(38)27-26-15-16-33(41-26)28(27)31(39)36(24(8-4)21-37)29(33)32(40)35(19-7-3)25-14-13-22-11-9-10-12-23(22)20-25/h5,7,9-14,20,24,26-29,37H,1,3,6,8,15-19,21H2,2,4H3/t24-,26+,27-,28-,29?,33?/m0/s1. The number of hydrogen-bond acceptors (Lipinski definition) is 5. The average molecular weight is 560 g/mol. The van der Waals surface area contributed by atoms with E-state index in [0.29, 0.717) is 38.0 Å². The Labute approximate surface area is 242 Å². The molecular formula is C33H41N3O5. The first kappa shape index (κ1) is 29.0. The number of benzene rings is 2. The predicted octanol–water partition coefficient (Wildman–Crippen LogP) is 3.93. The van der Waals surface area contributed by atoms with Crippen LogP contribution in [0.5, 0.6) is 0 Å². The van der Waals surface area contributed by atoms with Gasteiger partial charge in [0.05, 0.1) is 30.6 Å². The summed E-state index contributed by atoms with van der Waals surface area (Å²) in [6.45, 7) is 12.5. The summed E-state index contributed by atoms with van der Waals surface area (Å²) in [6, 6.07) is 12.2. The smallest absolute Gasteiger partial charge is 0.253 e. The first-order valence-electron chi connectivity index (χ1n) is 14.8. The highest BCUT2D eigenvalue weighted by atomic mass is 16.5. The van der Waals surface area contributed by atoms with Gasteiger partial charge in [-0.15, -0.1) is 13.2 Å². The van der Waals surface area contributed by atoms with Gasteiger partial charge >= 0.3 is 0 Å². The molecule has 1 N–H and O–H groups in total. The van der Waals surface area contributed by atoms with Crippen molar-refractivity contribution in [3.63, 3.8) is 0 Å². The number of aliphatic hydroxyl groups is 1. The van der Waals surface area contributed by atoms with Crippen LogP contribution in [0.1, 0.15) is 39.5 Å².